The van der Waals surface area contributed by atoms with Gasteiger partial charge in [0, 0.05) is 35.5 Å². The summed E-state index contributed by atoms with van der Waals surface area (Å²) in [4.78, 5) is 2.49. The molecule has 0 fully saturated rings. The number of hydrogen-bond acceptors (Lipinski definition) is 1. The zero-order valence-corrected chi connectivity index (χ0v) is 25.2. The standard InChI is InChI=1S/C40H43N/c1-6-30-16-18-32(19-17-30)39-24-37(39)22-36-23-38-21-34-13-9-8-10-14-35(34)25-40(38)41(29(36)5)26-27(3)28(4)33-15-11-12-31(7-2)20-33/h11-12,15-21,23,25,27H,4-10,13-14,22,26H2,1-3H3. The summed E-state index contributed by atoms with van der Waals surface area (Å²) in [6, 6.07) is 22.8. The van der Waals surface area contributed by atoms with Crippen LogP contribution in [0, 0.1) is 5.92 Å². The molecule has 208 valence electrons. The topological polar surface area (TPSA) is 3.24 Å². The molecule has 0 spiro atoms. The highest BCUT2D eigenvalue weighted by Crippen LogP contribution is 2.44. The van der Waals surface area contributed by atoms with E-state index in [0.29, 0.717) is 0 Å². The molecule has 0 saturated heterocycles. The van der Waals surface area contributed by atoms with Crippen molar-refractivity contribution < 1.29 is 0 Å². The molecule has 3 aromatic carbocycles. The van der Waals surface area contributed by atoms with Crippen LogP contribution in [-0.4, -0.2) is 6.54 Å². The highest BCUT2D eigenvalue weighted by Gasteiger charge is 2.29. The summed E-state index contributed by atoms with van der Waals surface area (Å²) in [6.45, 7) is 16.9. The highest BCUT2D eigenvalue weighted by molar-refractivity contribution is 5.91. The van der Waals surface area contributed by atoms with Crippen LogP contribution in [-0.2, 0) is 25.7 Å². The van der Waals surface area contributed by atoms with Crippen LogP contribution in [0.1, 0.15) is 85.4 Å². The first-order valence-corrected chi connectivity index (χ1v) is 15.7. The molecule has 0 bridgehead atoms. The van der Waals surface area contributed by atoms with E-state index in [-0.39, 0.29) is 5.92 Å². The summed E-state index contributed by atoms with van der Waals surface area (Å²) in [7, 11) is 0. The van der Waals surface area contributed by atoms with E-state index < -0.39 is 0 Å². The first kappa shape index (κ1) is 27.4. The van der Waals surface area contributed by atoms with E-state index in [0.717, 1.165) is 31.5 Å². The Hall–Kier alpha value is -3.80. The summed E-state index contributed by atoms with van der Waals surface area (Å²) in [5.74, 6) is 0.288. The van der Waals surface area contributed by atoms with Crippen molar-refractivity contribution in [2.24, 2.45) is 5.92 Å². The maximum Gasteiger partial charge on any atom is 0.0487 e. The number of allylic oxidation sites excluding steroid dienone is 2. The largest absolute Gasteiger partial charge is 0.341 e. The van der Waals surface area contributed by atoms with Crippen LogP contribution < -0.4 is 4.90 Å². The molecule has 1 unspecified atom stereocenters. The molecule has 1 nitrogen and oxygen atoms in total. The van der Waals surface area contributed by atoms with E-state index in [1.165, 1.54) is 93.5 Å². The van der Waals surface area contributed by atoms with Crippen molar-refractivity contribution in [1.29, 1.82) is 0 Å². The second-order valence-corrected chi connectivity index (χ2v) is 12.2. The molecule has 1 aliphatic heterocycles. The van der Waals surface area contributed by atoms with E-state index >= 15 is 0 Å². The van der Waals surface area contributed by atoms with Crippen molar-refractivity contribution in [2.75, 3.05) is 11.4 Å². The lowest BCUT2D eigenvalue weighted by atomic mass is 9.89. The van der Waals surface area contributed by atoms with Crippen LogP contribution in [0.5, 0.6) is 0 Å². The van der Waals surface area contributed by atoms with Gasteiger partial charge in [-0.3, -0.25) is 0 Å². The molecule has 0 amide bonds. The molecule has 0 saturated carbocycles. The zero-order valence-electron chi connectivity index (χ0n) is 25.2. The van der Waals surface area contributed by atoms with Gasteiger partial charge in [-0.15, -0.1) is 5.73 Å². The van der Waals surface area contributed by atoms with Crippen molar-refractivity contribution in [3.8, 4) is 0 Å². The Morgan fingerprint density at radius 3 is 2.37 bits per heavy atom. The van der Waals surface area contributed by atoms with Crippen LogP contribution in [0.3, 0.4) is 0 Å². The number of aryl methyl sites for hydroxylation is 4. The third-order valence-corrected chi connectivity index (χ3v) is 9.35. The summed E-state index contributed by atoms with van der Waals surface area (Å²) in [5, 5.41) is 0. The monoisotopic (exact) mass is 537 g/mol. The lowest BCUT2D eigenvalue weighted by Crippen LogP contribution is -2.31. The first-order chi connectivity index (χ1) is 19.9. The van der Waals surface area contributed by atoms with Gasteiger partial charge in [0.25, 0.3) is 0 Å². The van der Waals surface area contributed by atoms with Crippen molar-refractivity contribution in [1.82, 2.24) is 0 Å². The van der Waals surface area contributed by atoms with Crippen molar-refractivity contribution >= 4 is 22.9 Å². The maximum absolute atomic E-state index is 4.70. The smallest absolute Gasteiger partial charge is 0.0487 e. The molecule has 0 aromatic heterocycles. The number of hydrogen-bond donors (Lipinski definition) is 0. The fourth-order valence-electron chi connectivity index (χ4n) is 6.53. The van der Waals surface area contributed by atoms with Gasteiger partial charge < -0.3 is 4.90 Å². The average molecular weight is 538 g/mol. The van der Waals surface area contributed by atoms with E-state index in [4.69, 9.17) is 6.58 Å². The van der Waals surface area contributed by atoms with Crippen LogP contribution in [0.25, 0.3) is 17.2 Å². The zero-order chi connectivity index (χ0) is 28.5. The molecule has 1 heteroatoms. The highest BCUT2D eigenvalue weighted by atomic mass is 15.2. The normalized spacial score (nSPS) is 16.6. The van der Waals surface area contributed by atoms with E-state index in [1.54, 1.807) is 5.56 Å². The summed E-state index contributed by atoms with van der Waals surface area (Å²) >= 11 is 0. The van der Waals surface area contributed by atoms with Gasteiger partial charge in [0.1, 0.15) is 0 Å². The Bertz CT molecular complexity index is 1600. The number of benzene rings is 3. The number of anilines is 1. The fourth-order valence-corrected chi connectivity index (χ4v) is 6.53. The van der Waals surface area contributed by atoms with Gasteiger partial charge in [0.05, 0.1) is 0 Å². The SMILES string of the molecule is C=C(c1cccc(CC)c1)C(C)CN1C(=C)C(CC2=C=C2c2ccc(CC)cc2)=Cc2cc3c(cc21)CCCCC3. The molecule has 0 radical (unpaired) electrons. The molecule has 3 aromatic rings. The molecule has 2 aliphatic carbocycles. The average Bonchev–Trinajstić information content (AvgIpc) is 3.81. The summed E-state index contributed by atoms with van der Waals surface area (Å²) in [5.41, 5.74) is 20.8. The van der Waals surface area contributed by atoms with Gasteiger partial charge in [-0.05, 0) is 113 Å². The number of rotatable bonds is 9. The Morgan fingerprint density at radius 1 is 0.902 bits per heavy atom. The van der Waals surface area contributed by atoms with E-state index in [2.05, 4.69) is 105 Å². The van der Waals surface area contributed by atoms with Gasteiger partial charge in [-0.25, -0.2) is 0 Å². The quantitative estimate of drug-likeness (QED) is 0.194. The molecule has 41 heavy (non-hydrogen) atoms. The van der Waals surface area contributed by atoms with Gasteiger partial charge in [-0.2, -0.15) is 0 Å². The summed E-state index contributed by atoms with van der Waals surface area (Å²) in [6.07, 6.45) is 11.7. The molecular formula is C40H43N. The predicted molar refractivity (Wildman–Crippen MR) is 177 cm³/mol. The second-order valence-electron chi connectivity index (χ2n) is 12.2. The van der Waals surface area contributed by atoms with Gasteiger partial charge in [-0.1, -0.05) is 88.9 Å². The maximum atomic E-state index is 4.70. The van der Waals surface area contributed by atoms with Gasteiger partial charge in [0.15, 0.2) is 0 Å². The minimum absolute atomic E-state index is 0.288. The molecular weight excluding hydrogens is 494 g/mol. The van der Waals surface area contributed by atoms with Crippen molar-refractivity contribution in [3.63, 3.8) is 0 Å². The molecule has 1 heterocycles. The van der Waals surface area contributed by atoms with Gasteiger partial charge >= 0.3 is 0 Å². The fraction of sp³-hybridized carbons (Fsp3) is 0.325. The lowest BCUT2D eigenvalue weighted by molar-refractivity contribution is 0.711. The van der Waals surface area contributed by atoms with Crippen molar-refractivity contribution in [2.45, 2.75) is 72.1 Å². The third-order valence-electron chi connectivity index (χ3n) is 9.35. The molecule has 0 N–H and O–H groups in total. The number of nitrogens with zero attached hydrogens (tertiary/aromatic N) is 1. The predicted octanol–water partition coefficient (Wildman–Crippen LogP) is 10.2. The Morgan fingerprint density at radius 2 is 1.63 bits per heavy atom. The summed E-state index contributed by atoms with van der Waals surface area (Å²) < 4.78 is 0. The molecule has 6 rings (SSSR count). The van der Waals surface area contributed by atoms with Crippen LogP contribution in [0.15, 0.2) is 96.4 Å². The lowest BCUT2D eigenvalue weighted by Gasteiger charge is -2.36. The van der Waals surface area contributed by atoms with Gasteiger partial charge in [0.2, 0.25) is 0 Å². The van der Waals surface area contributed by atoms with E-state index in [1.807, 2.05) is 0 Å². The van der Waals surface area contributed by atoms with E-state index in [9.17, 15) is 0 Å². The second kappa shape index (κ2) is 11.6. The van der Waals surface area contributed by atoms with Crippen LogP contribution >= 0.6 is 0 Å². The Kier molecular flexibility index (Phi) is 7.74. The Balaban J connectivity index is 1.28. The minimum Gasteiger partial charge on any atom is -0.341 e. The minimum atomic E-state index is 0.288. The number of fused-ring (bicyclic) bond motifs is 2. The molecule has 3 aliphatic rings. The third kappa shape index (κ3) is 5.70. The first-order valence-electron chi connectivity index (χ1n) is 15.7. The van der Waals surface area contributed by atoms with Crippen LogP contribution in [0.4, 0.5) is 5.69 Å². The Labute approximate surface area is 247 Å². The van der Waals surface area contributed by atoms with Crippen LogP contribution in [0.2, 0.25) is 0 Å². The molecule has 1 atom stereocenters. The van der Waals surface area contributed by atoms with Crippen molar-refractivity contribution in [3.05, 3.63) is 135 Å².